The first-order valence-electron chi connectivity index (χ1n) is 7.63. The Balaban J connectivity index is 1.94. The number of hydrogen-bond acceptors (Lipinski definition) is 3. The van der Waals surface area contributed by atoms with Crippen LogP contribution >= 0.6 is 23.2 Å². The number of carbonyl (C=O) groups is 3. The molecule has 0 unspecified atom stereocenters. The molecule has 1 aliphatic rings. The van der Waals surface area contributed by atoms with Gasteiger partial charge in [0.25, 0.3) is 5.91 Å². The van der Waals surface area contributed by atoms with Gasteiger partial charge in [-0.05, 0) is 32.0 Å². The van der Waals surface area contributed by atoms with Crippen molar-refractivity contribution < 1.29 is 14.4 Å². The molecule has 1 aromatic rings. The SMILES string of the molecule is CC(C)NC(=O)C(=O)N1CCN(C(=O)c2ccc(Cl)c(Cl)c2)CC1. The number of rotatable bonds is 2. The lowest BCUT2D eigenvalue weighted by atomic mass is 10.2. The summed E-state index contributed by atoms with van der Waals surface area (Å²) in [6.07, 6.45) is 0. The molecule has 130 valence electrons. The smallest absolute Gasteiger partial charge is 0.312 e. The fourth-order valence-corrected chi connectivity index (χ4v) is 2.69. The second kappa shape index (κ2) is 7.85. The van der Waals surface area contributed by atoms with Crippen LogP contribution in [-0.4, -0.2) is 59.7 Å². The molecule has 3 amide bonds. The van der Waals surface area contributed by atoms with Crippen LogP contribution in [0.1, 0.15) is 24.2 Å². The van der Waals surface area contributed by atoms with Crippen molar-refractivity contribution in [2.45, 2.75) is 19.9 Å². The normalized spacial score (nSPS) is 14.7. The van der Waals surface area contributed by atoms with E-state index in [1.54, 1.807) is 30.9 Å². The third-order valence-corrected chi connectivity index (χ3v) is 4.37. The van der Waals surface area contributed by atoms with Crippen LogP contribution in [0.4, 0.5) is 0 Å². The van der Waals surface area contributed by atoms with Gasteiger partial charge in [-0.1, -0.05) is 23.2 Å². The highest BCUT2D eigenvalue weighted by Gasteiger charge is 2.28. The Labute approximate surface area is 150 Å². The number of nitrogens with zero attached hydrogens (tertiary/aromatic N) is 2. The van der Waals surface area contributed by atoms with Crippen molar-refractivity contribution in [1.29, 1.82) is 0 Å². The van der Waals surface area contributed by atoms with Crippen LogP contribution in [0.3, 0.4) is 0 Å². The first-order valence-corrected chi connectivity index (χ1v) is 8.39. The second-order valence-electron chi connectivity index (χ2n) is 5.84. The summed E-state index contributed by atoms with van der Waals surface area (Å²) < 4.78 is 0. The Morgan fingerprint density at radius 1 is 1.00 bits per heavy atom. The Morgan fingerprint density at radius 3 is 2.12 bits per heavy atom. The molecule has 1 saturated heterocycles. The Hall–Kier alpha value is -1.79. The highest BCUT2D eigenvalue weighted by molar-refractivity contribution is 6.42. The molecule has 0 spiro atoms. The maximum absolute atomic E-state index is 12.5. The Morgan fingerprint density at radius 2 is 1.58 bits per heavy atom. The topological polar surface area (TPSA) is 69.7 Å². The van der Waals surface area contributed by atoms with Crippen molar-refractivity contribution in [1.82, 2.24) is 15.1 Å². The molecule has 0 bridgehead atoms. The van der Waals surface area contributed by atoms with Crippen LogP contribution < -0.4 is 5.32 Å². The van der Waals surface area contributed by atoms with Crippen molar-refractivity contribution in [2.75, 3.05) is 26.2 Å². The van der Waals surface area contributed by atoms with Crippen LogP contribution in [0.2, 0.25) is 10.0 Å². The first kappa shape index (κ1) is 18.5. The first-order chi connectivity index (χ1) is 11.3. The molecule has 1 aliphatic heterocycles. The van der Waals surface area contributed by atoms with E-state index in [1.165, 1.54) is 11.0 Å². The zero-order valence-electron chi connectivity index (χ0n) is 13.5. The molecule has 1 fully saturated rings. The van der Waals surface area contributed by atoms with Crippen LogP contribution in [0, 0.1) is 0 Å². The number of carbonyl (C=O) groups excluding carboxylic acids is 3. The lowest BCUT2D eigenvalue weighted by molar-refractivity contribution is -0.147. The van der Waals surface area contributed by atoms with E-state index in [1.807, 2.05) is 0 Å². The maximum atomic E-state index is 12.5. The summed E-state index contributed by atoms with van der Waals surface area (Å²) in [5.74, 6) is -1.35. The molecule has 0 saturated carbocycles. The number of benzene rings is 1. The predicted octanol–water partition coefficient (Wildman–Crippen LogP) is 1.80. The van der Waals surface area contributed by atoms with Crippen molar-refractivity contribution in [3.05, 3.63) is 33.8 Å². The van der Waals surface area contributed by atoms with Gasteiger partial charge in [-0.3, -0.25) is 14.4 Å². The zero-order chi connectivity index (χ0) is 17.9. The monoisotopic (exact) mass is 371 g/mol. The molecule has 1 N–H and O–H groups in total. The van der Waals surface area contributed by atoms with Crippen molar-refractivity contribution in [3.8, 4) is 0 Å². The zero-order valence-corrected chi connectivity index (χ0v) is 15.0. The van der Waals surface area contributed by atoms with E-state index in [0.29, 0.717) is 41.8 Å². The summed E-state index contributed by atoms with van der Waals surface area (Å²) >= 11 is 11.8. The van der Waals surface area contributed by atoms with Crippen molar-refractivity contribution in [3.63, 3.8) is 0 Å². The number of halogens is 2. The molecular weight excluding hydrogens is 353 g/mol. The van der Waals surface area contributed by atoms with E-state index in [2.05, 4.69) is 5.32 Å². The Kier molecular flexibility index (Phi) is 6.07. The van der Waals surface area contributed by atoms with E-state index >= 15 is 0 Å². The number of amides is 3. The predicted molar refractivity (Wildman–Crippen MR) is 92.2 cm³/mol. The van der Waals surface area contributed by atoms with Gasteiger partial charge in [0.05, 0.1) is 10.0 Å². The summed E-state index contributed by atoms with van der Waals surface area (Å²) in [7, 11) is 0. The highest BCUT2D eigenvalue weighted by atomic mass is 35.5. The van der Waals surface area contributed by atoms with Crippen molar-refractivity contribution >= 4 is 40.9 Å². The van der Waals surface area contributed by atoms with Crippen LogP contribution in [0.15, 0.2) is 18.2 Å². The Bertz CT molecular complexity index is 656. The summed E-state index contributed by atoms with van der Waals surface area (Å²) in [4.78, 5) is 39.3. The number of nitrogens with one attached hydrogen (secondary N) is 1. The molecular formula is C16H19Cl2N3O3. The van der Waals surface area contributed by atoms with Crippen molar-refractivity contribution in [2.24, 2.45) is 0 Å². The molecule has 24 heavy (non-hydrogen) atoms. The summed E-state index contributed by atoms with van der Waals surface area (Å²) in [6.45, 7) is 4.94. The lowest BCUT2D eigenvalue weighted by Gasteiger charge is -2.34. The minimum absolute atomic E-state index is 0.0982. The minimum atomic E-state index is -0.616. The largest absolute Gasteiger partial charge is 0.346 e. The van der Waals surface area contributed by atoms with Gasteiger partial charge >= 0.3 is 11.8 Å². The number of hydrogen-bond donors (Lipinski definition) is 1. The summed E-state index contributed by atoms with van der Waals surface area (Å²) in [6, 6.07) is 4.62. The lowest BCUT2D eigenvalue weighted by Crippen LogP contribution is -2.54. The molecule has 2 rings (SSSR count). The highest BCUT2D eigenvalue weighted by Crippen LogP contribution is 2.23. The fourth-order valence-electron chi connectivity index (χ4n) is 2.39. The quantitative estimate of drug-likeness (QED) is 0.805. The van der Waals surface area contributed by atoms with E-state index in [-0.39, 0.29) is 11.9 Å². The molecule has 0 radical (unpaired) electrons. The fraction of sp³-hybridized carbons (Fsp3) is 0.438. The summed E-state index contributed by atoms with van der Waals surface area (Å²) in [5.41, 5.74) is 0.446. The molecule has 8 heteroatoms. The van der Waals surface area contributed by atoms with E-state index in [9.17, 15) is 14.4 Å². The maximum Gasteiger partial charge on any atom is 0.312 e. The van der Waals surface area contributed by atoms with Crippen LogP contribution in [-0.2, 0) is 9.59 Å². The van der Waals surface area contributed by atoms with E-state index < -0.39 is 11.8 Å². The van der Waals surface area contributed by atoms with Gasteiger partial charge < -0.3 is 15.1 Å². The molecule has 6 nitrogen and oxygen atoms in total. The second-order valence-corrected chi connectivity index (χ2v) is 6.66. The third-order valence-electron chi connectivity index (χ3n) is 3.63. The standard InChI is InChI=1S/C16H19Cl2N3O3/c1-10(2)19-14(22)16(24)21-7-5-20(6-8-21)15(23)11-3-4-12(17)13(18)9-11/h3-4,9-10H,5-8H2,1-2H3,(H,19,22). The average Bonchev–Trinajstić information content (AvgIpc) is 2.55. The molecule has 0 aliphatic carbocycles. The van der Waals surface area contributed by atoms with Gasteiger partial charge in [-0.2, -0.15) is 0 Å². The van der Waals surface area contributed by atoms with Gasteiger partial charge in [-0.15, -0.1) is 0 Å². The van der Waals surface area contributed by atoms with E-state index in [4.69, 9.17) is 23.2 Å². The van der Waals surface area contributed by atoms with Crippen LogP contribution in [0.5, 0.6) is 0 Å². The van der Waals surface area contributed by atoms with E-state index in [0.717, 1.165) is 0 Å². The summed E-state index contributed by atoms with van der Waals surface area (Å²) in [5, 5.41) is 3.28. The van der Waals surface area contributed by atoms with Gasteiger partial charge in [0.15, 0.2) is 0 Å². The minimum Gasteiger partial charge on any atom is -0.346 e. The third kappa shape index (κ3) is 4.39. The number of piperazine rings is 1. The molecule has 1 aromatic carbocycles. The van der Waals surface area contributed by atoms with Gasteiger partial charge in [0, 0.05) is 37.8 Å². The molecule has 0 atom stereocenters. The van der Waals surface area contributed by atoms with Crippen LogP contribution in [0.25, 0.3) is 0 Å². The van der Waals surface area contributed by atoms with Gasteiger partial charge in [-0.25, -0.2) is 0 Å². The molecule has 0 aromatic heterocycles. The van der Waals surface area contributed by atoms with Gasteiger partial charge in [0.2, 0.25) is 0 Å². The molecule has 1 heterocycles. The average molecular weight is 372 g/mol. The van der Waals surface area contributed by atoms with Gasteiger partial charge in [0.1, 0.15) is 0 Å².